The highest BCUT2D eigenvalue weighted by Crippen LogP contribution is 2.32. The Bertz CT molecular complexity index is 932. The van der Waals surface area contributed by atoms with E-state index in [0.29, 0.717) is 17.9 Å². The minimum Gasteiger partial charge on any atom is -0.355 e. The molecule has 2 aliphatic heterocycles. The number of hydrogen-bond donors (Lipinski definition) is 1. The number of carbonyl (C=O) groups is 1. The summed E-state index contributed by atoms with van der Waals surface area (Å²) in [4.78, 5) is 29.4. The fraction of sp³-hybridized carbons (Fsp3) is 0.750. The van der Waals surface area contributed by atoms with Gasteiger partial charge in [0.05, 0.1) is 0 Å². The molecule has 7 heteroatoms. The lowest BCUT2D eigenvalue weighted by atomic mass is 9.78. The number of piperidine rings is 1. The summed E-state index contributed by atoms with van der Waals surface area (Å²) in [5, 5.41) is 3.39. The van der Waals surface area contributed by atoms with Gasteiger partial charge in [-0.25, -0.2) is 15.0 Å². The van der Waals surface area contributed by atoms with E-state index in [1.807, 2.05) is 0 Å². The Morgan fingerprint density at radius 3 is 2.68 bits per heavy atom. The van der Waals surface area contributed by atoms with E-state index >= 15 is 0 Å². The molecule has 0 aromatic carbocycles. The van der Waals surface area contributed by atoms with Gasteiger partial charge in [-0.3, -0.25) is 4.79 Å². The molecule has 0 radical (unpaired) electrons. The van der Waals surface area contributed by atoms with Crippen molar-refractivity contribution < 1.29 is 4.79 Å². The van der Waals surface area contributed by atoms with Gasteiger partial charge < -0.3 is 14.8 Å². The first-order valence-corrected chi connectivity index (χ1v) is 12.4. The van der Waals surface area contributed by atoms with Gasteiger partial charge in [-0.1, -0.05) is 33.1 Å². The van der Waals surface area contributed by atoms with Gasteiger partial charge in [0, 0.05) is 38.0 Å². The number of nitrogens with one attached hydrogen (secondary N) is 1. The number of aryl methyl sites for hydroxylation is 2. The minimum atomic E-state index is 0.108. The monoisotopic (exact) mass is 424 g/mol. The predicted molar refractivity (Wildman–Crippen MR) is 122 cm³/mol. The molecule has 2 aromatic heterocycles. The van der Waals surface area contributed by atoms with E-state index in [4.69, 9.17) is 4.98 Å². The van der Waals surface area contributed by atoms with E-state index in [0.717, 1.165) is 68.1 Å². The van der Waals surface area contributed by atoms with Crippen molar-refractivity contribution in [1.82, 2.24) is 24.8 Å². The number of anilines is 1. The zero-order valence-corrected chi connectivity index (χ0v) is 19.0. The van der Waals surface area contributed by atoms with Crippen molar-refractivity contribution in [1.29, 1.82) is 0 Å². The second-order valence-corrected chi connectivity index (χ2v) is 10.0. The number of amides is 1. The van der Waals surface area contributed by atoms with Crippen LogP contribution in [-0.4, -0.2) is 44.6 Å². The molecule has 4 heterocycles. The molecule has 0 spiro atoms. The summed E-state index contributed by atoms with van der Waals surface area (Å²) in [5.74, 6) is 3.73. The van der Waals surface area contributed by atoms with Crippen LogP contribution >= 0.6 is 0 Å². The Morgan fingerprint density at radius 1 is 1.00 bits per heavy atom. The molecule has 2 aromatic rings. The van der Waals surface area contributed by atoms with E-state index < -0.39 is 0 Å². The molecule has 31 heavy (non-hydrogen) atoms. The first kappa shape index (κ1) is 20.7. The van der Waals surface area contributed by atoms with E-state index in [2.05, 4.69) is 38.6 Å². The van der Waals surface area contributed by atoms with Crippen molar-refractivity contribution in [2.45, 2.75) is 84.2 Å². The Kier molecular flexibility index (Phi) is 5.85. The minimum absolute atomic E-state index is 0.108. The second-order valence-electron chi connectivity index (χ2n) is 10.0. The van der Waals surface area contributed by atoms with Gasteiger partial charge in [-0.2, -0.15) is 0 Å². The molecule has 0 bridgehead atoms. The number of fused-ring (bicyclic) bond motifs is 3. The van der Waals surface area contributed by atoms with E-state index in [-0.39, 0.29) is 11.8 Å². The van der Waals surface area contributed by atoms with Crippen LogP contribution in [0.4, 0.5) is 5.82 Å². The van der Waals surface area contributed by atoms with Crippen LogP contribution < -0.4 is 10.2 Å². The van der Waals surface area contributed by atoms with E-state index in [1.54, 1.807) is 6.33 Å². The Morgan fingerprint density at radius 2 is 1.84 bits per heavy atom. The van der Waals surface area contributed by atoms with Gasteiger partial charge in [0.15, 0.2) is 17.0 Å². The summed E-state index contributed by atoms with van der Waals surface area (Å²) in [6.45, 7) is 7.32. The number of imidazole rings is 1. The molecule has 1 saturated carbocycles. The lowest BCUT2D eigenvalue weighted by Crippen LogP contribution is -2.48. The third-order valence-corrected chi connectivity index (χ3v) is 8.07. The fourth-order valence-electron chi connectivity index (χ4n) is 5.80. The quantitative estimate of drug-likeness (QED) is 0.813. The van der Waals surface area contributed by atoms with Crippen LogP contribution in [0.5, 0.6) is 0 Å². The zero-order valence-electron chi connectivity index (χ0n) is 19.0. The maximum atomic E-state index is 13.0. The van der Waals surface area contributed by atoms with Crippen molar-refractivity contribution >= 4 is 22.9 Å². The normalized spacial score (nSPS) is 27.7. The average Bonchev–Trinajstić information content (AvgIpc) is 2.98. The summed E-state index contributed by atoms with van der Waals surface area (Å²) in [5.41, 5.74) is 1.91. The van der Waals surface area contributed by atoms with Crippen LogP contribution in [0.2, 0.25) is 0 Å². The van der Waals surface area contributed by atoms with Crippen molar-refractivity contribution in [3.8, 4) is 0 Å². The van der Waals surface area contributed by atoms with Gasteiger partial charge in [-0.05, 0) is 43.9 Å². The molecule has 168 valence electrons. The molecule has 1 amide bonds. The Balaban J connectivity index is 1.25. The lowest BCUT2D eigenvalue weighted by Gasteiger charge is -2.37. The molecule has 3 aliphatic rings. The Hall–Kier alpha value is -2.18. The van der Waals surface area contributed by atoms with E-state index in [1.165, 1.54) is 32.1 Å². The van der Waals surface area contributed by atoms with Crippen LogP contribution in [0.1, 0.15) is 71.0 Å². The summed E-state index contributed by atoms with van der Waals surface area (Å²) < 4.78 is 2.29. The Labute approximate surface area is 185 Å². The van der Waals surface area contributed by atoms with Crippen molar-refractivity contribution in [2.75, 3.05) is 18.0 Å². The van der Waals surface area contributed by atoms with Crippen LogP contribution in [0, 0.1) is 17.8 Å². The van der Waals surface area contributed by atoms with Crippen LogP contribution in [-0.2, 0) is 17.8 Å². The van der Waals surface area contributed by atoms with Crippen LogP contribution in [0.25, 0.3) is 11.2 Å². The van der Waals surface area contributed by atoms with Gasteiger partial charge in [0.1, 0.15) is 12.2 Å². The fourth-order valence-corrected chi connectivity index (χ4v) is 5.80. The number of rotatable bonds is 3. The number of hydrogen-bond acceptors (Lipinski definition) is 5. The molecule has 1 saturated heterocycles. The first-order valence-electron chi connectivity index (χ1n) is 12.4. The SMILES string of the molecule is C[C@@H]1[C@H](C)CCC[C@H]1NC(=O)C1CCN(c2ncnc3c2nc2n3CCCCC2)CC1. The molecule has 5 rings (SSSR count). The second kappa shape index (κ2) is 8.75. The molecule has 7 nitrogen and oxygen atoms in total. The first-order chi connectivity index (χ1) is 15.1. The molecule has 3 atom stereocenters. The van der Waals surface area contributed by atoms with E-state index in [9.17, 15) is 4.79 Å². The largest absolute Gasteiger partial charge is 0.355 e. The third kappa shape index (κ3) is 4.03. The highest BCUT2D eigenvalue weighted by molar-refractivity contribution is 5.84. The number of nitrogens with zero attached hydrogens (tertiary/aromatic N) is 5. The van der Waals surface area contributed by atoms with Gasteiger partial charge in [0.2, 0.25) is 5.91 Å². The summed E-state index contributed by atoms with van der Waals surface area (Å²) >= 11 is 0. The maximum Gasteiger partial charge on any atom is 0.223 e. The topological polar surface area (TPSA) is 75.9 Å². The number of carbonyl (C=O) groups excluding carboxylic acids is 1. The maximum absolute atomic E-state index is 13.0. The molecular weight excluding hydrogens is 388 g/mol. The number of aromatic nitrogens is 4. The summed E-state index contributed by atoms with van der Waals surface area (Å²) in [6, 6.07) is 0.344. The van der Waals surface area contributed by atoms with Gasteiger partial charge in [-0.15, -0.1) is 0 Å². The van der Waals surface area contributed by atoms with Crippen molar-refractivity contribution in [3.63, 3.8) is 0 Å². The molecule has 1 aliphatic carbocycles. The van der Waals surface area contributed by atoms with Gasteiger partial charge >= 0.3 is 0 Å². The predicted octanol–water partition coefficient (Wildman–Crippen LogP) is 3.71. The highest BCUT2D eigenvalue weighted by Gasteiger charge is 2.32. The molecule has 2 fully saturated rings. The zero-order chi connectivity index (χ0) is 21.4. The van der Waals surface area contributed by atoms with Crippen LogP contribution in [0.15, 0.2) is 6.33 Å². The molecule has 1 N–H and O–H groups in total. The average molecular weight is 425 g/mol. The van der Waals surface area contributed by atoms with Crippen molar-refractivity contribution in [2.24, 2.45) is 17.8 Å². The third-order valence-electron chi connectivity index (χ3n) is 8.07. The summed E-state index contributed by atoms with van der Waals surface area (Å²) in [7, 11) is 0. The van der Waals surface area contributed by atoms with Gasteiger partial charge in [0.25, 0.3) is 0 Å². The lowest BCUT2D eigenvalue weighted by molar-refractivity contribution is -0.127. The molecule has 0 unspecified atom stereocenters. The van der Waals surface area contributed by atoms with Crippen molar-refractivity contribution in [3.05, 3.63) is 12.2 Å². The smallest absolute Gasteiger partial charge is 0.223 e. The molecular formula is C24H36N6O. The van der Waals surface area contributed by atoms with Crippen LogP contribution in [0.3, 0.4) is 0 Å². The highest BCUT2D eigenvalue weighted by atomic mass is 16.2. The standard InChI is InChI=1S/C24H36N6O/c1-16-7-6-8-19(17(16)2)27-24(31)18-10-13-29(14-11-18)22-21-23(26-15-25-22)30-12-5-3-4-9-20(30)28-21/h15-19H,3-14H2,1-2H3,(H,27,31)/t16-,17-,19-/m1/s1. The summed E-state index contributed by atoms with van der Waals surface area (Å²) in [6.07, 6.45) is 11.8.